The molecule has 2 heterocycles. The summed E-state index contributed by atoms with van der Waals surface area (Å²) >= 11 is 0. The third-order valence-electron chi connectivity index (χ3n) is 14.0. The van der Waals surface area contributed by atoms with E-state index in [0.717, 1.165) is 46.5 Å². The van der Waals surface area contributed by atoms with E-state index in [-0.39, 0.29) is 6.04 Å². The monoisotopic (exact) mass is 855 g/mol. The van der Waals surface area contributed by atoms with Gasteiger partial charge < -0.3 is 9.88 Å². The van der Waals surface area contributed by atoms with Gasteiger partial charge >= 0.3 is 0 Å². The second-order valence-corrected chi connectivity index (χ2v) is 17.7. The van der Waals surface area contributed by atoms with Crippen LogP contribution in [0.4, 0.5) is 0 Å². The van der Waals surface area contributed by atoms with Crippen molar-refractivity contribution in [3.8, 4) is 39.1 Å². The maximum atomic E-state index is 5.57. The van der Waals surface area contributed by atoms with Crippen molar-refractivity contribution in [3.05, 3.63) is 258 Å². The third-order valence-corrected chi connectivity index (χ3v) is 14.0. The van der Waals surface area contributed by atoms with Crippen LogP contribution in [0.3, 0.4) is 0 Å². The molecule has 0 amide bonds. The number of hydrogen-bond acceptors (Lipinski definition) is 2. The van der Waals surface area contributed by atoms with Crippen LogP contribution in [0.2, 0.25) is 0 Å². The molecule has 0 saturated carbocycles. The molecule has 11 aromatic rings. The standard InChI is InChI=1S/C64H45N3/c1-3-19-42(20-4-1)45-24-9-14-30-53(45)59-41-60(54-31-15-10-25-46(54)43-21-5-2-6-22-43)66-64(65-59)58-38-37-51(48-27-11-12-29-50(48)58)52-39-40-62(55-32-16-13-28-49(52)55)67-61-34-18-17-33-56(61)57-36-35-44-23-7-8-26-47(44)63(57)67/h1-16,18-32,34-41,59H,17,33H2,(H,65,66). The molecular weight excluding hydrogens is 811 g/mol. The van der Waals surface area contributed by atoms with Gasteiger partial charge in [0.15, 0.2) is 0 Å². The SMILES string of the molecule is C1=Cc2c(c3ccc4ccccc4c3n2-c2ccc(-c3ccc(C4=NC(c5ccccc5-c5ccccc5)=CC(c5ccccc5-c5ccccc5)N4)c4ccccc34)c3ccccc23)CC1. The summed E-state index contributed by atoms with van der Waals surface area (Å²) in [6.45, 7) is 0. The summed E-state index contributed by atoms with van der Waals surface area (Å²) in [6.07, 6.45) is 9.08. The topological polar surface area (TPSA) is 29.3 Å². The number of amidine groups is 1. The molecule has 2 aliphatic rings. The maximum absolute atomic E-state index is 5.57. The van der Waals surface area contributed by atoms with Gasteiger partial charge in [0.25, 0.3) is 0 Å². The van der Waals surface area contributed by atoms with Crippen molar-refractivity contribution < 1.29 is 0 Å². The molecule has 67 heavy (non-hydrogen) atoms. The molecule has 1 aromatic heterocycles. The highest BCUT2D eigenvalue weighted by Gasteiger charge is 2.26. The van der Waals surface area contributed by atoms with Gasteiger partial charge in [-0.3, -0.25) is 0 Å². The highest BCUT2D eigenvalue weighted by atomic mass is 15.1. The molecule has 1 unspecified atom stereocenters. The van der Waals surface area contributed by atoms with E-state index in [4.69, 9.17) is 4.99 Å². The zero-order chi connectivity index (χ0) is 44.3. The van der Waals surface area contributed by atoms with Gasteiger partial charge in [-0.2, -0.15) is 0 Å². The lowest BCUT2D eigenvalue weighted by Gasteiger charge is -2.27. The number of aliphatic imine (C=N–C) groups is 1. The molecule has 0 spiro atoms. The van der Waals surface area contributed by atoms with E-state index in [0.29, 0.717) is 0 Å². The van der Waals surface area contributed by atoms with Crippen LogP contribution >= 0.6 is 0 Å². The van der Waals surface area contributed by atoms with Crippen molar-refractivity contribution in [2.45, 2.75) is 18.9 Å². The van der Waals surface area contributed by atoms with Crippen LogP contribution < -0.4 is 5.32 Å². The number of aryl methyl sites for hydroxylation is 1. The molecule has 1 aliphatic carbocycles. The van der Waals surface area contributed by atoms with Crippen LogP contribution in [0.5, 0.6) is 0 Å². The summed E-state index contributed by atoms with van der Waals surface area (Å²) in [4.78, 5) is 5.57. The molecule has 1 aliphatic heterocycles. The second kappa shape index (κ2) is 16.2. The number of aromatic nitrogens is 1. The number of rotatable bonds is 7. The van der Waals surface area contributed by atoms with Gasteiger partial charge in [-0.1, -0.05) is 218 Å². The van der Waals surface area contributed by atoms with Crippen LogP contribution in [0.15, 0.2) is 236 Å². The Bertz CT molecular complexity index is 3830. The quantitative estimate of drug-likeness (QED) is 0.170. The fraction of sp³-hybridized carbons (Fsp3) is 0.0469. The van der Waals surface area contributed by atoms with E-state index in [9.17, 15) is 0 Å². The van der Waals surface area contributed by atoms with E-state index >= 15 is 0 Å². The number of benzene rings is 10. The van der Waals surface area contributed by atoms with Gasteiger partial charge in [0.05, 0.1) is 22.9 Å². The van der Waals surface area contributed by atoms with E-state index in [1.165, 1.54) is 88.2 Å². The number of allylic oxidation sites excluding steroid dienone is 1. The van der Waals surface area contributed by atoms with Crippen molar-refractivity contribution in [1.29, 1.82) is 0 Å². The first kappa shape index (κ1) is 38.9. The van der Waals surface area contributed by atoms with Crippen LogP contribution in [0.1, 0.15) is 40.4 Å². The lowest BCUT2D eigenvalue weighted by atomic mass is 9.89. The minimum atomic E-state index is -0.153. The Morgan fingerprint density at radius 2 is 1.00 bits per heavy atom. The molecule has 13 rings (SSSR count). The molecule has 1 atom stereocenters. The Labute approximate surface area is 390 Å². The molecule has 10 aromatic carbocycles. The molecule has 0 bridgehead atoms. The van der Waals surface area contributed by atoms with Gasteiger partial charge in [-0.15, -0.1) is 0 Å². The average molecular weight is 856 g/mol. The number of fused-ring (bicyclic) bond motifs is 7. The van der Waals surface area contributed by atoms with E-state index in [1.807, 2.05) is 0 Å². The highest BCUT2D eigenvalue weighted by Crippen LogP contribution is 2.44. The second-order valence-electron chi connectivity index (χ2n) is 17.7. The lowest BCUT2D eigenvalue weighted by Crippen LogP contribution is -2.31. The van der Waals surface area contributed by atoms with E-state index in [2.05, 4.69) is 247 Å². The van der Waals surface area contributed by atoms with Crippen LogP contribution in [-0.4, -0.2) is 10.4 Å². The fourth-order valence-electron chi connectivity index (χ4n) is 10.9. The third kappa shape index (κ3) is 6.54. The van der Waals surface area contributed by atoms with Crippen molar-refractivity contribution in [2.75, 3.05) is 0 Å². The van der Waals surface area contributed by atoms with Crippen molar-refractivity contribution in [3.63, 3.8) is 0 Å². The average Bonchev–Trinajstić information content (AvgIpc) is 3.75. The van der Waals surface area contributed by atoms with E-state index < -0.39 is 0 Å². The minimum Gasteiger partial charge on any atom is -0.359 e. The number of nitrogens with zero attached hydrogens (tertiary/aromatic N) is 2. The van der Waals surface area contributed by atoms with Crippen LogP contribution in [0.25, 0.3) is 94.1 Å². The summed E-state index contributed by atoms with van der Waals surface area (Å²) in [7, 11) is 0. The van der Waals surface area contributed by atoms with Gasteiger partial charge in [0.1, 0.15) is 5.84 Å². The zero-order valence-corrected chi connectivity index (χ0v) is 36.9. The largest absolute Gasteiger partial charge is 0.359 e. The molecule has 316 valence electrons. The normalized spacial score (nSPS) is 14.5. The molecule has 0 radical (unpaired) electrons. The maximum Gasteiger partial charge on any atom is 0.135 e. The Hall–Kier alpha value is -8.53. The Balaban J connectivity index is 0.985. The lowest BCUT2D eigenvalue weighted by molar-refractivity contribution is 0.783. The first-order valence-corrected chi connectivity index (χ1v) is 23.4. The van der Waals surface area contributed by atoms with Gasteiger partial charge in [-0.05, 0) is 97.1 Å². The Morgan fingerprint density at radius 1 is 0.433 bits per heavy atom. The molecule has 3 heteroatoms. The van der Waals surface area contributed by atoms with Crippen LogP contribution in [0, 0.1) is 0 Å². The Kier molecular flexibility index (Phi) is 9.38. The summed E-state index contributed by atoms with van der Waals surface area (Å²) in [5.41, 5.74) is 16.6. The minimum absolute atomic E-state index is 0.153. The summed E-state index contributed by atoms with van der Waals surface area (Å²) in [5.74, 6) is 0.848. The van der Waals surface area contributed by atoms with Gasteiger partial charge in [0, 0.05) is 33.0 Å². The Morgan fingerprint density at radius 3 is 1.76 bits per heavy atom. The molecule has 0 fully saturated rings. The van der Waals surface area contributed by atoms with Gasteiger partial charge in [0.2, 0.25) is 0 Å². The molecule has 1 N–H and O–H groups in total. The summed E-state index contributed by atoms with van der Waals surface area (Å²) < 4.78 is 2.54. The summed E-state index contributed by atoms with van der Waals surface area (Å²) in [5, 5.41) is 12.6. The molecule has 3 nitrogen and oxygen atoms in total. The smallest absolute Gasteiger partial charge is 0.135 e. The first-order valence-electron chi connectivity index (χ1n) is 23.4. The molecule has 0 saturated heterocycles. The first-order chi connectivity index (χ1) is 33.3. The predicted molar refractivity (Wildman–Crippen MR) is 283 cm³/mol. The van der Waals surface area contributed by atoms with Crippen LogP contribution in [-0.2, 0) is 6.42 Å². The predicted octanol–water partition coefficient (Wildman–Crippen LogP) is 16.2. The van der Waals surface area contributed by atoms with Crippen molar-refractivity contribution in [2.24, 2.45) is 4.99 Å². The van der Waals surface area contributed by atoms with E-state index in [1.54, 1.807) is 0 Å². The van der Waals surface area contributed by atoms with Crippen molar-refractivity contribution >= 4 is 60.8 Å². The summed E-state index contributed by atoms with van der Waals surface area (Å²) in [6, 6.07) is 79.2. The number of hydrogen-bond donors (Lipinski definition) is 1. The molecular formula is C64H45N3. The zero-order valence-electron chi connectivity index (χ0n) is 36.9. The van der Waals surface area contributed by atoms with Gasteiger partial charge in [-0.25, -0.2) is 4.99 Å². The van der Waals surface area contributed by atoms with Crippen molar-refractivity contribution in [1.82, 2.24) is 9.88 Å². The highest BCUT2D eigenvalue weighted by molar-refractivity contribution is 6.17. The number of nitrogens with one attached hydrogen (secondary N) is 1. The fourth-order valence-corrected chi connectivity index (χ4v) is 10.9.